The van der Waals surface area contributed by atoms with Gasteiger partial charge in [-0.2, -0.15) is 0 Å². The number of nitrogens with two attached hydrogens (primary N) is 2. The molecule has 0 bridgehead atoms. The molecule has 0 aliphatic carbocycles. The number of benzene rings is 1. The van der Waals surface area contributed by atoms with Gasteiger partial charge in [0.15, 0.2) is 0 Å². The molecule has 0 fully saturated rings. The number of halogens is 1. The van der Waals surface area contributed by atoms with Gasteiger partial charge in [0.25, 0.3) is 5.91 Å². The first-order valence-electron chi connectivity index (χ1n) is 6.34. The van der Waals surface area contributed by atoms with Gasteiger partial charge >= 0.3 is 0 Å². The van der Waals surface area contributed by atoms with Crippen LogP contribution in [0.5, 0.6) is 0 Å². The van der Waals surface area contributed by atoms with Crippen LogP contribution >= 0.6 is 12.4 Å². The maximum atomic E-state index is 12.3. The summed E-state index contributed by atoms with van der Waals surface area (Å²) in [6.45, 7) is 5.46. The van der Waals surface area contributed by atoms with Gasteiger partial charge in [-0.25, -0.2) is 0 Å². The van der Waals surface area contributed by atoms with E-state index in [1.54, 1.807) is 18.2 Å². The first kappa shape index (κ1) is 18.2. The van der Waals surface area contributed by atoms with E-state index in [-0.39, 0.29) is 18.3 Å². The van der Waals surface area contributed by atoms with E-state index >= 15 is 0 Å². The second-order valence-corrected chi connectivity index (χ2v) is 4.68. The molecule has 0 radical (unpaired) electrons. The van der Waals surface area contributed by atoms with E-state index in [9.17, 15) is 9.59 Å². The molecular formula is C14H22ClN3O2. The molecule has 5 nitrogen and oxygen atoms in total. The zero-order valence-electron chi connectivity index (χ0n) is 12.0. The lowest BCUT2D eigenvalue weighted by atomic mass is 9.91. The van der Waals surface area contributed by atoms with E-state index in [2.05, 4.69) is 5.32 Å². The Labute approximate surface area is 125 Å². The third-order valence-corrected chi connectivity index (χ3v) is 3.54. The largest absolute Gasteiger partial charge is 0.399 e. The van der Waals surface area contributed by atoms with Gasteiger partial charge in [-0.05, 0) is 37.5 Å². The Morgan fingerprint density at radius 2 is 1.80 bits per heavy atom. The number of hydrogen-bond acceptors (Lipinski definition) is 3. The first-order chi connectivity index (χ1) is 8.86. The minimum absolute atomic E-state index is 0. The fraction of sp³-hybridized carbons (Fsp3) is 0.429. The van der Waals surface area contributed by atoms with Gasteiger partial charge in [0.2, 0.25) is 5.91 Å². The maximum Gasteiger partial charge on any atom is 0.252 e. The summed E-state index contributed by atoms with van der Waals surface area (Å²) in [5, 5.41) is 2.74. The van der Waals surface area contributed by atoms with E-state index in [1.165, 1.54) is 0 Å². The molecule has 0 spiro atoms. The Morgan fingerprint density at radius 1 is 1.25 bits per heavy atom. The second-order valence-electron chi connectivity index (χ2n) is 4.68. The van der Waals surface area contributed by atoms with Crippen molar-refractivity contribution in [3.63, 3.8) is 0 Å². The number of nitrogens with one attached hydrogen (secondary N) is 1. The molecule has 0 atom stereocenters. The smallest absolute Gasteiger partial charge is 0.252 e. The molecule has 6 heteroatoms. The quantitative estimate of drug-likeness (QED) is 0.723. The monoisotopic (exact) mass is 299 g/mol. The van der Waals surface area contributed by atoms with Crippen molar-refractivity contribution in [2.75, 3.05) is 5.73 Å². The fourth-order valence-electron chi connectivity index (χ4n) is 2.01. The standard InChI is InChI=1S/C14H21N3O2.ClH/c1-4-14(5-2,13(16)19)17-12(18)11-8-10(15)7-6-9(11)3;/h6-8H,4-5,15H2,1-3H3,(H2,16,19)(H,17,18);1H. The number of rotatable bonds is 5. The Kier molecular flexibility index (Phi) is 6.52. The molecule has 0 heterocycles. The van der Waals surface area contributed by atoms with Crippen LogP contribution in [0.4, 0.5) is 5.69 Å². The van der Waals surface area contributed by atoms with Crippen LogP contribution in [0.1, 0.15) is 42.6 Å². The van der Waals surface area contributed by atoms with Gasteiger partial charge in [0.05, 0.1) is 0 Å². The molecule has 1 aromatic rings. The van der Waals surface area contributed by atoms with Crippen molar-refractivity contribution in [3.8, 4) is 0 Å². The Bertz CT molecular complexity index is 499. The summed E-state index contributed by atoms with van der Waals surface area (Å²) in [6, 6.07) is 5.10. The Hall–Kier alpha value is -1.75. The van der Waals surface area contributed by atoms with Crippen LogP contribution in [-0.4, -0.2) is 17.4 Å². The van der Waals surface area contributed by atoms with Crippen LogP contribution in [-0.2, 0) is 4.79 Å². The molecule has 20 heavy (non-hydrogen) atoms. The van der Waals surface area contributed by atoms with Crippen molar-refractivity contribution < 1.29 is 9.59 Å². The van der Waals surface area contributed by atoms with Crippen molar-refractivity contribution >= 4 is 29.9 Å². The second kappa shape index (κ2) is 7.14. The van der Waals surface area contributed by atoms with Crippen LogP contribution in [0, 0.1) is 6.92 Å². The molecule has 0 saturated carbocycles. The molecule has 1 rings (SSSR count). The first-order valence-corrected chi connectivity index (χ1v) is 6.34. The highest BCUT2D eigenvalue weighted by Crippen LogP contribution is 2.18. The average Bonchev–Trinajstić information content (AvgIpc) is 2.38. The molecule has 0 unspecified atom stereocenters. The Balaban J connectivity index is 0.00000361. The van der Waals surface area contributed by atoms with Crippen LogP contribution in [0.2, 0.25) is 0 Å². The lowest BCUT2D eigenvalue weighted by Crippen LogP contribution is -2.56. The van der Waals surface area contributed by atoms with E-state index in [1.807, 2.05) is 20.8 Å². The number of amides is 2. The molecule has 112 valence electrons. The molecule has 0 aliphatic rings. The van der Waals surface area contributed by atoms with E-state index in [0.29, 0.717) is 24.1 Å². The third-order valence-electron chi connectivity index (χ3n) is 3.54. The van der Waals surface area contributed by atoms with Crippen molar-refractivity contribution in [1.29, 1.82) is 0 Å². The molecule has 0 saturated heterocycles. The normalized spacial score (nSPS) is 10.6. The predicted octanol–water partition coefficient (Wildman–Crippen LogP) is 1.77. The van der Waals surface area contributed by atoms with Crippen molar-refractivity contribution in [3.05, 3.63) is 29.3 Å². The number of carbonyl (C=O) groups excluding carboxylic acids is 2. The summed E-state index contributed by atoms with van der Waals surface area (Å²) in [6.07, 6.45) is 0.901. The van der Waals surface area contributed by atoms with Crippen molar-refractivity contribution in [1.82, 2.24) is 5.32 Å². The minimum Gasteiger partial charge on any atom is -0.399 e. The number of nitrogen functional groups attached to an aromatic ring is 1. The third kappa shape index (κ3) is 3.63. The van der Waals surface area contributed by atoms with Crippen LogP contribution in [0.3, 0.4) is 0 Å². The van der Waals surface area contributed by atoms with Crippen LogP contribution < -0.4 is 16.8 Å². The molecule has 0 aliphatic heterocycles. The summed E-state index contributed by atoms with van der Waals surface area (Å²) in [4.78, 5) is 23.9. The lowest BCUT2D eigenvalue weighted by molar-refractivity contribution is -0.124. The zero-order valence-corrected chi connectivity index (χ0v) is 12.8. The summed E-state index contributed by atoms with van der Waals surface area (Å²) in [5.41, 5.74) is 11.9. The zero-order chi connectivity index (χ0) is 14.6. The molecule has 1 aromatic carbocycles. The summed E-state index contributed by atoms with van der Waals surface area (Å²) < 4.78 is 0. The minimum atomic E-state index is -1.01. The lowest BCUT2D eigenvalue weighted by Gasteiger charge is -2.29. The van der Waals surface area contributed by atoms with Crippen molar-refractivity contribution in [2.45, 2.75) is 39.2 Å². The van der Waals surface area contributed by atoms with E-state index in [4.69, 9.17) is 11.5 Å². The van der Waals surface area contributed by atoms with Gasteiger partial charge < -0.3 is 16.8 Å². The van der Waals surface area contributed by atoms with Gasteiger partial charge in [-0.3, -0.25) is 9.59 Å². The topological polar surface area (TPSA) is 98.2 Å². The van der Waals surface area contributed by atoms with E-state index < -0.39 is 11.4 Å². The molecule has 2 amide bonds. The number of hydrogen-bond donors (Lipinski definition) is 3. The van der Waals surface area contributed by atoms with Gasteiger partial charge in [-0.1, -0.05) is 19.9 Å². The van der Waals surface area contributed by atoms with Crippen LogP contribution in [0.15, 0.2) is 18.2 Å². The SMILES string of the molecule is CCC(CC)(NC(=O)c1cc(N)ccc1C)C(N)=O.Cl. The highest BCUT2D eigenvalue weighted by Gasteiger charge is 2.34. The predicted molar refractivity (Wildman–Crippen MR) is 82.8 cm³/mol. The molecular weight excluding hydrogens is 278 g/mol. The maximum absolute atomic E-state index is 12.3. The summed E-state index contributed by atoms with van der Waals surface area (Å²) >= 11 is 0. The van der Waals surface area contributed by atoms with Gasteiger partial charge in [0.1, 0.15) is 5.54 Å². The summed E-state index contributed by atoms with van der Waals surface area (Å²) in [7, 11) is 0. The highest BCUT2D eigenvalue weighted by molar-refractivity contribution is 6.00. The van der Waals surface area contributed by atoms with Gasteiger partial charge in [0, 0.05) is 11.3 Å². The Morgan fingerprint density at radius 3 is 2.25 bits per heavy atom. The van der Waals surface area contributed by atoms with Crippen molar-refractivity contribution in [2.24, 2.45) is 5.73 Å². The molecule has 5 N–H and O–H groups in total. The number of primary amides is 1. The number of anilines is 1. The summed E-state index contributed by atoms with van der Waals surface area (Å²) in [5.74, 6) is -0.847. The highest BCUT2D eigenvalue weighted by atomic mass is 35.5. The number of aryl methyl sites for hydroxylation is 1. The molecule has 0 aromatic heterocycles. The van der Waals surface area contributed by atoms with Crippen LogP contribution in [0.25, 0.3) is 0 Å². The number of carbonyl (C=O) groups is 2. The fourth-order valence-corrected chi connectivity index (χ4v) is 2.01. The van der Waals surface area contributed by atoms with Gasteiger partial charge in [-0.15, -0.1) is 12.4 Å². The average molecular weight is 300 g/mol. The van der Waals surface area contributed by atoms with E-state index in [0.717, 1.165) is 5.56 Å².